The van der Waals surface area contributed by atoms with E-state index in [1.165, 1.54) is 0 Å². The van der Waals surface area contributed by atoms with Crippen LogP contribution >= 0.6 is 0 Å². The number of hydrogen-bond donors (Lipinski definition) is 3. The molecule has 9 nitrogen and oxygen atoms in total. The highest BCUT2D eigenvalue weighted by Gasteiger charge is 2.42. The van der Waals surface area contributed by atoms with Gasteiger partial charge in [-0.25, -0.2) is 4.79 Å². The molecule has 0 bridgehead atoms. The highest BCUT2D eigenvalue weighted by atomic mass is 32.2. The van der Waals surface area contributed by atoms with Crippen molar-refractivity contribution in [2.75, 3.05) is 14.1 Å². The lowest BCUT2D eigenvalue weighted by atomic mass is 9.96. The number of aryl methyl sites for hydroxylation is 2. The Morgan fingerprint density at radius 3 is 2.06 bits per heavy atom. The number of ether oxygens (including phenoxy) is 1. The Hall–Kier alpha value is -3.08. The van der Waals surface area contributed by atoms with Gasteiger partial charge in [-0.3, -0.25) is 18.7 Å². The summed E-state index contributed by atoms with van der Waals surface area (Å²) >= 11 is 0. The van der Waals surface area contributed by atoms with Crippen LogP contribution in [0, 0.1) is 13.8 Å². The number of rotatable bonds is 12. The molecule has 0 spiro atoms. The lowest BCUT2D eigenvalue weighted by Gasteiger charge is -2.29. The van der Waals surface area contributed by atoms with Gasteiger partial charge in [0.05, 0.1) is 28.9 Å². The Labute approximate surface area is 206 Å². The molecule has 35 heavy (non-hydrogen) atoms. The zero-order valence-electron chi connectivity index (χ0n) is 20.1. The van der Waals surface area contributed by atoms with Crippen molar-refractivity contribution >= 4 is 28.7 Å². The van der Waals surface area contributed by atoms with Gasteiger partial charge in [-0.1, -0.05) is 36.4 Å². The third kappa shape index (κ3) is 7.98. The van der Waals surface area contributed by atoms with Crippen LogP contribution in [0.15, 0.2) is 53.4 Å². The van der Waals surface area contributed by atoms with Crippen molar-refractivity contribution in [3.05, 3.63) is 65.2 Å². The van der Waals surface area contributed by atoms with Crippen LogP contribution in [0.5, 0.6) is 0 Å². The fourth-order valence-electron chi connectivity index (χ4n) is 3.67. The minimum absolute atomic E-state index is 0.104. The molecular formula is C25H31NO8S. The summed E-state index contributed by atoms with van der Waals surface area (Å²) in [6.45, 7) is 3.83. The molecule has 0 aromatic heterocycles. The minimum atomic E-state index is -2.81. The molecule has 4 atom stereocenters. The van der Waals surface area contributed by atoms with Gasteiger partial charge in [-0.05, 0) is 56.8 Å². The number of benzene rings is 2. The zero-order valence-corrected chi connectivity index (χ0v) is 20.9. The number of aliphatic hydroxyl groups is 1. The monoisotopic (exact) mass is 505 g/mol. The molecule has 0 amide bonds. The van der Waals surface area contributed by atoms with E-state index >= 15 is 0 Å². The van der Waals surface area contributed by atoms with E-state index in [0.29, 0.717) is 4.90 Å². The van der Waals surface area contributed by atoms with E-state index in [1.54, 1.807) is 19.0 Å². The number of carboxylic acid groups (broad SMARTS) is 2. The summed E-state index contributed by atoms with van der Waals surface area (Å²) in [6, 6.07) is 14.8. The average Bonchev–Trinajstić information content (AvgIpc) is 2.75. The standard InChI is InChI=1S/C25H31NO8S/c1-16-10-17(2)12-19(11-16)35(33)20(18-8-6-5-7-9-18)13-21(26(3)4)34-23(29)15-25(32,24(30)31)14-22(27)28/h5-12,20-21,32H,13-15H2,1-4H3,(H,27,28)(H,30,31). The second kappa shape index (κ2) is 12.1. The third-order valence-corrected chi connectivity index (χ3v) is 7.08. The largest absolute Gasteiger partial charge is 0.481 e. The van der Waals surface area contributed by atoms with E-state index in [0.717, 1.165) is 16.7 Å². The van der Waals surface area contributed by atoms with Crippen LogP contribution in [0.4, 0.5) is 0 Å². The predicted octanol–water partition coefficient (Wildman–Crippen LogP) is 2.65. The molecule has 2 aromatic rings. The SMILES string of the molecule is Cc1cc(C)cc(S(=O)C(CC(OC(=O)CC(O)(CC(=O)O)C(=O)O)N(C)C)c2ccccc2)c1. The fraction of sp³-hybridized carbons (Fsp3) is 0.400. The Morgan fingerprint density at radius 2 is 1.57 bits per heavy atom. The molecule has 0 fully saturated rings. The van der Waals surface area contributed by atoms with Crippen molar-refractivity contribution in [3.63, 3.8) is 0 Å². The summed E-state index contributed by atoms with van der Waals surface area (Å²) in [5.74, 6) is -4.49. The number of carboxylic acids is 2. The number of carbonyl (C=O) groups excluding carboxylic acids is 1. The quantitative estimate of drug-likeness (QED) is 0.293. The molecule has 10 heteroatoms. The lowest BCUT2D eigenvalue weighted by Crippen LogP contribution is -2.44. The van der Waals surface area contributed by atoms with Crippen molar-refractivity contribution in [2.24, 2.45) is 0 Å². The molecule has 2 rings (SSSR count). The van der Waals surface area contributed by atoms with E-state index in [1.807, 2.05) is 62.4 Å². The van der Waals surface area contributed by atoms with E-state index in [9.17, 15) is 28.8 Å². The molecule has 2 aromatic carbocycles. The van der Waals surface area contributed by atoms with Crippen LogP contribution in [0.25, 0.3) is 0 Å². The van der Waals surface area contributed by atoms with Crippen molar-refractivity contribution in [1.82, 2.24) is 4.90 Å². The van der Waals surface area contributed by atoms with Crippen molar-refractivity contribution in [3.8, 4) is 0 Å². The van der Waals surface area contributed by atoms with Crippen LogP contribution in [0.3, 0.4) is 0 Å². The molecule has 0 saturated heterocycles. The highest BCUT2D eigenvalue weighted by Crippen LogP contribution is 2.32. The second-order valence-electron chi connectivity index (χ2n) is 8.75. The van der Waals surface area contributed by atoms with Crippen molar-refractivity contribution in [2.45, 2.75) is 55.1 Å². The lowest BCUT2D eigenvalue weighted by molar-refractivity contribution is -0.176. The Bertz CT molecular complexity index is 1070. The van der Waals surface area contributed by atoms with Gasteiger partial charge in [0.15, 0.2) is 11.8 Å². The molecule has 0 radical (unpaired) electrons. The normalized spacial score (nSPS) is 15.6. The topological polar surface area (TPSA) is 141 Å². The highest BCUT2D eigenvalue weighted by molar-refractivity contribution is 7.85. The van der Waals surface area contributed by atoms with Gasteiger partial charge in [0.1, 0.15) is 0 Å². The maximum Gasteiger partial charge on any atom is 0.336 e. The zero-order chi connectivity index (χ0) is 26.3. The maximum absolute atomic E-state index is 13.7. The minimum Gasteiger partial charge on any atom is -0.481 e. The molecule has 0 aliphatic rings. The maximum atomic E-state index is 13.7. The third-order valence-electron chi connectivity index (χ3n) is 5.39. The van der Waals surface area contributed by atoms with Crippen molar-refractivity contribution < 1.29 is 38.6 Å². The molecular weight excluding hydrogens is 474 g/mol. The summed E-state index contributed by atoms with van der Waals surface area (Å²) in [4.78, 5) is 37.1. The van der Waals surface area contributed by atoms with Gasteiger partial charge >= 0.3 is 17.9 Å². The molecule has 0 aliphatic carbocycles. The van der Waals surface area contributed by atoms with Gasteiger partial charge in [0.25, 0.3) is 0 Å². The number of hydrogen-bond acceptors (Lipinski definition) is 7. The van der Waals surface area contributed by atoms with Crippen molar-refractivity contribution in [1.29, 1.82) is 0 Å². The summed E-state index contributed by atoms with van der Waals surface area (Å²) in [7, 11) is 1.76. The summed E-state index contributed by atoms with van der Waals surface area (Å²) in [5.41, 5.74) is -0.120. The Balaban J connectivity index is 2.33. The number of aliphatic carboxylic acids is 2. The van der Waals surface area contributed by atoms with Crippen LogP contribution < -0.4 is 0 Å². The number of carbonyl (C=O) groups is 3. The summed E-state index contributed by atoms with van der Waals surface area (Å²) in [5, 5.41) is 27.8. The van der Waals surface area contributed by atoms with Crippen LogP contribution in [0.2, 0.25) is 0 Å². The summed E-state index contributed by atoms with van der Waals surface area (Å²) < 4.78 is 19.2. The van der Waals surface area contributed by atoms with E-state index < -0.39 is 58.6 Å². The smallest absolute Gasteiger partial charge is 0.336 e. The number of esters is 1. The molecule has 3 N–H and O–H groups in total. The summed E-state index contributed by atoms with van der Waals surface area (Å²) in [6.07, 6.45) is -3.03. The first-order chi connectivity index (χ1) is 16.3. The molecule has 0 heterocycles. The van der Waals surface area contributed by atoms with E-state index in [-0.39, 0.29) is 6.42 Å². The molecule has 190 valence electrons. The Kier molecular flexibility index (Phi) is 9.70. The average molecular weight is 506 g/mol. The molecule has 0 aliphatic heterocycles. The van der Waals surface area contributed by atoms with Gasteiger partial charge < -0.3 is 20.1 Å². The first-order valence-corrected chi connectivity index (χ1v) is 12.1. The first kappa shape index (κ1) is 28.2. The van der Waals surface area contributed by atoms with E-state index in [2.05, 4.69) is 0 Å². The molecule has 0 saturated carbocycles. The van der Waals surface area contributed by atoms with Crippen LogP contribution in [0.1, 0.15) is 41.2 Å². The fourth-order valence-corrected chi connectivity index (χ4v) is 5.35. The Morgan fingerprint density at radius 1 is 1.00 bits per heavy atom. The van der Waals surface area contributed by atoms with E-state index in [4.69, 9.17) is 9.84 Å². The van der Waals surface area contributed by atoms with Gasteiger partial charge in [-0.2, -0.15) is 0 Å². The molecule has 4 unspecified atom stereocenters. The van der Waals surface area contributed by atoms with Crippen LogP contribution in [-0.4, -0.2) is 68.3 Å². The second-order valence-corrected chi connectivity index (χ2v) is 10.4. The first-order valence-electron chi connectivity index (χ1n) is 10.9. The van der Waals surface area contributed by atoms with Gasteiger partial charge in [0.2, 0.25) is 0 Å². The number of nitrogens with zero attached hydrogens (tertiary/aromatic N) is 1. The van der Waals surface area contributed by atoms with Gasteiger partial charge in [0, 0.05) is 11.3 Å². The predicted molar refractivity (Wildman–Crippen MR) is 129 cm³/mol. The van der Waals surface area contributed by atoms with Gasteiger partial charge in [-0.15, -0.1) is 0 Å². The van der Waals surface area contributed by atoms with Crippen LogP contribution in [-0.2, 0) is 29.9 Å².